The summed E-state index contributed by atoms with van der Waals surface area (Å²) >= 11 is 0. The van der Waals surface area contributed by atoms with Crippen LogP contribution in [0.25, 0.3) is 17.2 Å². The summed E-state index contributed by atoms with van der Waals surface area (Å²) in [6, 6.07) is 16.4. The van der Waals surface area contributed by atoms with Gasteiger partial charge in [0.05, 0.1) is 11.7 Å². The van der Waals surface area contributed by atoms with Crippen LogP contribution in [0.3, 0.4) is 0 Å². The predicted molar refractivity (Wildman–Crippen MR) is 146 cm³/mol. The number of rotatable bonds is 9. The number of ether oxygens (including phenoxy) is 2. The third-order valence-corrected chi connectivity index (χ3v) is 6.00. The summed E-state index contributed by atoms with van der Waals surface area (Å²) in [6.07, 6.45) is 3.71. The Bertz CT molecular complexity index is 1220. The summed E-state index contributed by atoms with van der Waals surface area (Å²) in [7, 11) is 0. The maximum absolute atomic E-state index is 14.5. The minimum atomic E-state index is -0.398. The minimum absolute atomic E-state index is 0.0738. The molecule has 0 aliphatic rings. The van der Waals surface area contributed by atoms with Crippen LogP contribution in [0.15, 0.2) is 60.7 Å². The Labute approximate surface area is 215 Å². The van der Waals surface area contributed by atoms with Crippen LogP contribution < -0.4 is 4.74 Å². The van der Waals surface area contributed by atoms with Gasteiger partial charge in [-0.05, 0) is 67.0 Å². The molecule has 0 radical (unpaired) electrons. The highest BCUT2D eigenvalue weighted by Gasteiger charge is 2.28. The fourth-order valence-electron chi connectivity index (χ4n) is 4.35. The van der Waals surface area contributed by atoms with Gasteiger partial charge in [-0.1, -0.05) is 76.2 Å². The highest BCUT2D eigenvalue weighted by molar-refractivity contribution is 6.03. The van der Waals surface area contributed by atoms with E-state index < -0.39 is 5.82 Å². The number of esters is 1. The van der Waals surface area contributed by atoms with Crippen molar-refractivity contribution >= 4 is 12.0 Å². The van der Waals surface area contributed by atoms with Crippen molar-refractivity contribution in [1.29, 1.82) is 0 Å². The van der Waals surface area contributed by atoms with E-state index in [-0.39, 0.29) is 30.5 Å². The van der Waals surface area contributed by atoms with Gasteiger partial charge >= 0.3 is 5.97 Å². The number of halogens is 1. The number of carbonyl (C=O) groups is 1. The van der Waals surface area contributed by atoms with Crippen molar-refractivity contribution in [3.63, 3.8) is 0 Å². The number of carbonyl (C=O) groups excluding carboxylic acids is 1. The van der Waals surface area contributed by atoms with Gasteiger partial charge in [0.1, 0.15) is 18.2 Å². The van der Waals surface area contributed by atoms with E-state index in [1.165, 1.54) is 12.1 Å². The van der Waals surface area contributed by atoms with E-state index in [4.69, 9.17) is 9.47 Å². The maximum Gasteiger partial charge on any atom is 0.339 e. The first kappa shape index (κ1) is 27.2. The molecule has 0 unspecified atom stereocenters. The van der Waals surface area contributed by atoms with E-state index in [0.717, 1.165) is 27.8 Å². The second-order valence-electron chi connectivity index (χ2n) is 9.90. The van der Waals surface area contributed by atoms with Crippen molar-refractivity contribution in [2.75, 3.05) is 0 Å². The monoisotopic (exact) mass is 488 g/mol. The van der Waals surface area contributed by atoms with Gasteiger partial charge in [-0.15, -0.1) is 0 Å². The van der Waals surface area contributed by atoms with Crippen LogP contribution >= 0.6 is 0 Å². The van der Waals surface area contributed by atoms with Crippen molar-refractivity contribution in [3.05, 3.63) is 94.3 Å². The molecule has 0 aromatic heterocycles. The lowest BCUT2D eigenvalue weighted by molar-refractivity contribution is 0.0377. The second-order valence-corrected chi connectivity index (χ2v) is 9.90. The molecule has 0 aliphatic carbocycles. The first-order valence-corrected chi connectivity index (χ1v) is 12.6. The lowest BCUT2D eigenvalue weighted by Crippen LogP contribution is -2.17. The zero-order chi connectivity index (χ0) is 26.4. The normalized spacial score (nSPS) is 11.6. The summed E-state index contributed by atoms with van der Waals surface area (Å²) in [4.78, 5) is 13.6. The molecule has 36 heavy (non-hydrogen) atoms. The van der Waals surface area contributed by atoms with Gasteiger partial charge in [0, 0.05) is 17.2 Å². The van der Waals surface area contributed by atoms with Gasteiger partial charge in [0.25, 0.3) is 0 Å². The average molecular weight is 489 g/mol. The zero-order valence-electron chi connectivity index (χ0n) is 22.4. The Morgan fingerprint density at radius 1 is 0.917 bits per heavy atom. The smallest absolute Gasteiger partial charge is 0.339 e. The van der Waals surface area contributed by atoms with E-state index in [1.54, 1.807) is 6.07 Å². The molecule has 3 aromatic rings. The van der Waals surface area contributed by atoms with Crippen LogP contribution in [0.1, 0.15) is 92.9 Å². The lowest BCUT2D eigenvalue weighted by Gasteiger charge is -2.25. The molecule has 0 bridgehead atoms. The predicted octanol–water partition coefficient (Wildman–Crippen LogP) is 8.92. The van der Waals surface area contributed by atoms with Crippen LogP contribution in [0, 0.1) is 5.82 Å². The molecule has 0 saturated carbocycles. The number of allylic oxidation sites excluding steroid dienone is 1. The average Bonchev–Trinajstić information content (AvgIpc) is 2.82. The fourth-order valence-corrected chi connectivity index (χ4v) is 4.35. The van der Waals surface area contributed by atoms with E-state index in [9.17, 15) is 9.18 Å². The Hall–Kier alpha value is -3.40. The van der Waals surface area contributed by atoms with Gasteiger partial charge in [-0.25, -0.2) is 9.18 Å². The number of hydrogen-bond donors (Lipinski definition) is 0. The highest BCUT2D eigenvalue weighted by Crippen LogP contribution is 2.43. The van der Waals surface area contributed by atoms with E-state index in [0.29, 0.717) is 16.9 Å². The molecule has 0 saturated heterocycles. The standard InChI is InChI=1S/C32H37FO3/c1-8-12-25-27(20(2)3)18-28(21(4)5)31(32(34)36-22(6)7)30(25)26-16-15-24(33)17-29(26)35-19-23-13-10-9-11-14-23/h8-18,20-22H,19H2,1-7H3. The largest absolute Gasteiger partial charge is 0.488 e. The Balaban J connectivity index is 2.37. The molecule has 0 heterocycles. The summed E-state index contributed by atoms with van der Waals surface area (Å²) in [5, 5.41) is 0. The topological polar surface area (TPSA) is 35.5 Å². The highest BCUT2D eigenvalue weighted by atomic mass is 19.1. The zero-order valence-corrected chi connectivity index (χ0v) is 22.4. The molecule has 190 valence electrons. The van der Waals surface area contributed by atoms with E-state index in [1.807, 2.05) is 63.3 Å². The molecule has 0 atom stereocenters. The molecule has 3 aromatic carbocycles. The van der Waals surface area contributed by atoms with Crippen molar-refractivity contribution in [2.45, 2.75) is 73.0 Å². The van der Waals surface area contributed by atoms with Crippen LogP contribution in [0.2, 0.25) is 0 Å². The summed E-state index contributed by atoms with van der Waals surface area (Å²) in [5.74, 6) is -0.117. The molecule has 0 N–H and O–H groups in total. The second kappa shape index (κ2) is 12.0. The van der Waals surface area contributed by atoms with Gasteiger partial charge in [0.2, 0.25) is 0 Å². The van der Waals surface area contributed by atoms with Crippen LogP contribution in [-0.2, 0) is 11.3 Å². The summed E-state index contributed by atoms with van der Waals surface area (Å²) in [6.45, 7) is 14.3. The van der Waals surface area contributed by atoms with Crippen molar-refractivity contribution in [3.8, 4) is 16.9 Å². The third kappa shape index (κ3) is 6.23. The quantitative estimate of drug-likeness (QED) is 0.282. The molecular weight excluding hydrogens is 451 g/mol. The van der Waals surface area contributed by atoms with Gasteiger partial charge in [-0.2, -0.15) is 0 Å². The third-order valence-electron chi connectivity index (χ3n) is 6.00. The minimum Gasteiger partial charge on any atom is -0.488 e. The first-order chi connectivity index (χ1) is 17.1. The molecule has 0 aliphatic heterocycles. The Morgan fingerprint density at radius 2 is 1.58 bits per heavy atom. The van der Waals surface area contributed by atoms with E-state index in [2.05, 4.69) is 33.8 Å². The van der Waals surface area contributed by atoms with Crippen LogP contribution in [-0.4, -0.2) is 12.1 Å². The van der Waals surface area contributed by atoms with Crippen molar-refractivity contribution in [1.82, 2.24) is 0 Å². The van der Waals surface area contributed by atoms with Gasteiger partial charge in [-0.3, -0.25) is 0 Å². The summed E-state index contributed by atoms with van der Waals surface area (Å²) < 4.78 is 26.4. The fraction of sp³-hybridized carbons (Fsp3) is 0.344. The summed E-state index contributed by atoms with van der Waals surface area (Å²) in [5.41, 5.74) is 5.81. The van der Waals surface area contributed by atoms with Crippen LogP contribution in [0.4, 0.5) is 4.39 Å². The SMILES string of the molecule is CC=Cc1c(C(C)C)cc(C(C)C)c(C(=O)OC(C)C)c1-c1ccc(F)cc1OCc1ccccc1. The van der Waals surface area contributed by atoms with Crippen LogP contribution in [0.5, 0.6) is 5.75 Å². The van der Waals surface area contributed by atoms with Gasteiger partial charge < -0.3 is 9.47 Å². The molecule has 0 amide bonds. The first-order valence-electron chi connectivity index (χ1n) is 12.6. The molecule has 3 rings (SSSR count). The van der Waals surface area contributed by atoms with Crippen molar-refractivity contribution in [2.24, 2.45) is 0 Å². The Kier molecular flexibility index (Phi) is 9.08. The van der Waals surface area contributed by atoms with E-state index >= 15 is 0 Å². The molecule has 3 nitrogen and oxygen atoms in total. The van der Waals surface area contributed by atoms with Gasteiger partial charge in [0.15, 0.2) is 0 Å². The molecular formula is C32H37FO3. The molecule has 4 heteroatoms. The molecule has 0 spiro atoms. The molecule has 0 fully saturated rings. The Morgan fingerprint density at radius 3 is 2.17 bits per heavy atom. The maximum atomic E-state index is 14.5. The lowest BCUT2D eigenvalue weighted by atomic mass is 9.81. The number of benzene rings is 3. The van der Waals surface area contributed by atoms with Crippen molar-refractivity contribution < 1.29 is 18.7 Å². The number of hydrogen-bond acceptors (Lipinski definition) is 3.